The van der Waals surface area contributed by atoms with Crippen LogP contribution in [-0.4, -0.2) is 19.3 Å². The first-order valence-corrected chi connectivity index (χ1v) is 17.3. The third-order valence-corrected chi connectivity index (χ3v) is 10.4. The van der Waals surface area contributed by atoms with Gasteiger partial charge in [-0.3, -0.25) is 4.57 Å². The third kappa shape index (κ3) is 5.71. The zero-order valence-corrected chi connectivity index (χ0v) is 30.4. The average Bonchev–Trinajstić information content (AvgIpc) is 3.69. The van der Waals surface area contributed by atoms with Gasteiger partial charge in [0.1, 0.15) is 17.3 Å². The molecule has 4 aromatic carbocycles. The highest BCUT2D eigenvalue weighted by Gasteiger charge is 2.20. The Kier molecular flexibility index (Phi) is 7.98. The summed E-state index contributed by atoms with van der Waals surface area (Å²) in [5, 5.41) is 7.24. The molecular weight excluding hydrogens is 601 g/mol. The van der Waals surface area contributed by atoms with E-state index in [9.17, 15) is 0 Å². The van der Waals surface area contributed by atoms with Crippen molar-refractivity contribution >= 4 is 21.8 Å². The van der Waals surface area contributed by atoms with Crippen molar-refractivity contribution in [3.63, 3.8) is 0 Å². The molecule has 0 aliphatic heterocycles. The van der Waals surface area contributed by atoms with Crippen LogP contribution in [0.3, 0.4) is 0 Å². The Hall–Kier alpha value is -5.16. The summed E-state index contributed by atoms with van der Waals surface area (Å²) in [6.45, 7) is 22.2. The number of ether oxygens (including phenoxy) is 1. The predicted molar refractivity (Wildman–Crippen MR) is 204 cm³/mol. The smallest absolute Gasteiger partial charge is 0.137 e. The Bertz CT molecular complexity index is 2350. The summed E-state index contributed by atoms with van der Waals surface area (Å²) in [5.41, 5.74) is 14.6. The maximum absolute atomic E-state index is 6.73. The highest BCUT2D eigenvalue weighted by atomic mass is 16.5. The molecule has 0 saturated carbocycles. The minimum atomic E-state index is -0.0913. The van der Waals surface area contributed by atoms with Crippen molar-refractivity contribution in [1.29, 1.82) is 0 Å². The fourth-order valence-electron chi connectivity index (χ4n) is 7.05. The Morgan fingerprint density at radius 2 is 1.39 bits per heavy atom. The Labute approximate surface area is 290 Å². The number of hydrogen-bond acceptors (Lipinski definition) is 3. The lowest BCUT2D eigenvalue weighted by molar-refractivity contribution is 0.478. The minimum Gasteiger partial charge on any atom is -0.457 e. The van der Waals surface area contributed by atoms with Gasteiger partial charge in [0.05, 0.1) is 22.9 Å². The van der Waals surface area contributed by atoms with Crippen molar-refractivity contribution in [3.05, 3.63) is 130 Å². The van der Waals surface area contributed by atoms with E-state index < -0.39 is 0 Å². The quantitative estimate of drug-likeness (QED) is 0.181. The van der Waals surface area contributed by atoms with Crippen LogP contribution in [0, 0.1) is 34.6 Å². The Morgan fingerprint density at radius 3 is 2.10 bits per heavy atom. The van der Waals surface area contributed by atoms with E-state index >= 15 is 0 Å². The molecule has 0 radical (unpaired) electrons. The molecule has 0 unspecified atom stereocenters. The molecule has 7 aromatic rings. The molecule has 0 aliphatic rings. The molecule has 0 N–H and O–H groups in total. The molecule has 0 amide bonds. The number of benzene rings is 4. The van der Waals surface area contributed by atoms with Crippen molar-refractivity contribution in [2.24, 2.45) is 0 Å². The van der Waals surface area contributed by atoms with Crippen LogP contribution in [0.5, 0.6) is 11.5 Å². The predicted octanol–water partition coefficient (Wildman–Crippen LogP) is 11.8. The minimum absolute atomic E-state index is 0.0913. The molecule has 0 aliphatic carbocycles. The summed E-state index contributed by atoms with van der Waals surface area (Å²) in [6.07, 6.45) is 6.05. The summed E-state index contributed by atoms with van der Waals surface area (Å²) in [4.78, 5) is 4.82. The van der Waals surface area contributed by atoms with Crippen molar-refractivity contribution in [3.8, 4) is 34.1 Å². The van der Waals surface area contributed by atoms with E-state index in [0.717, 1.165) is 39.6 Å². The van der Waals surface area contributed by atoms with Gasteiger partial charge >= 0.3 is 0 Å². The van der Waals surface area contributed by atoms with Crippen LogP contribution >= 0.6 is 0 Å². The standard InChI is InChI=1S/C44H46N4O/c1-26(2)32-17-18-45-42(19-32)48-40-14-12-11-13-38(40)39-16-15-36(23-41(39)48)49-37-21-34(44(8,9)10)20-35(22-37)47-25-33(24-46-47)43-30(6)28(4)27(3)29(5)31(43)7/h11-26H,1-10H3. The zero-order valence-electron chi connectivity index (χ0n) is 30.4. The maximum Gasteiger partial charge on any atom is 0.137 e. The van der Waals surface area contributed by atoms with E-state index in [1.54, 1.807) is 0 Å². The van der Waals surface area contributed by atoms with Crippen LogP contribution in [-0.2, 0) is 5.41 Å². The van der Waals surface area contributed by atoms with Gasteiger partial charge in [0.2, 0.25) is 0 Å². The summed E-state index contributed by atoms with van der Waals surface area (Å²) >= 11 is 0. The normalized spacial score (nSPS) is 12.1. The van der Waals surface area contributed by atoms with Gasteiger partial charge in [-0.05, 0) is 133 Å². The van der Waals surface area contributed by atoms with Crippen LogP contribution in [0.25, 0.3) is 44.4 Å². The van der Waals surface area contributed by atoms with Crippen LogP contribution in [0.15, 0.2) is 91.4 Å². The molecule has 248 valence electrons. The SMILES string of the molecule is Cc1c(C)c(C)c(-c2cnn(-c3cc(Oc4ccc5c6ccccc6n(-c6cc(C(C)C)ccn6)c5c4)cc(C(C)(C)C)c3)c2)c(C)c1C. The second kappa shape index (κ2) is 12.1. The third-order valence-electron chi connectivity index (χ3n) is 10.4. The van der Waals surface area contributed by atoms with Gasteiger partial charge in [-0.1, -0.05) is 52.8 Å². The number of nitrogens with zero attached hydrogens (tertiary/aromatic N) is 4. The maximum atomic E-state index is 6.73. The summed E-state index contributed by atoms with van der Waals surface area (Å²) in [6, 6.07) is 25.7. The van der Waals surface area contributed by atoms with E-state index in [4.69, 9.17) is 14.8 Å². The van der Waals surface area contributed by atoms with Gasteiger partial charge in [0.25, 0.3) is 0 Å². The van der Waals surface area contributed by atoms with Crippen molar-refractivity contribution < 1.29 is 4.74 Å². The number of pyridine rings is 1. The average molecular weight is 647 g/mol. The molecule has 0 fully saturated rings. The number of rotatable bonds is 6. The number of aromatic nitrogens is 4. The number of para-hydroxylation sites is 1. The van der Waals surface area contributed by atoms with Crippen molar-refractivity contribution in [2.45, 2.75) is 80.6 Å². The molecule has 0 spiro atoms. The van der Waals surface area contributed by atoms with E-state index in [-0.39, 0.29) is 5.41 Å². The highest BCUT2D eigenvalue weighted by molar-refractivity contribution is 6.09. The lowest BCUT2D eigenvalue weighted by Crippen LogP contribution is -2.12. The molecule has 3 heterocycles. The van der Waals surface area contributed by atoms with Crippen LogP contribution in [0.4, 0.5) is 0 Å². The van der Waals surface area contributed by atoms with E-state index in [0.29, 0.717) is 5.92 Å². The molecule has 3 aromatic heterocycles. The van der Waals surface area contributed by atoms with Gasteiger partial charge in [-0.15, -0.1) is 0 Å². The van der Waals surface area contributed by atoms with Crippen molar-refractivity contribution in [1.82, 2.24) is 19.3 Å². The van der Waals surface area contributed by atoms with Gasteiger partial charge in [0.15, 0.2) is 0 Å². The molecule has 5 nitrogen and oxygen atoms in total. The molecule has 49 heavy (non-hydrogen) atoms. The second-order valence-electron chi connectivity index (χ2n) is 14.9. The first-order valence-electron chi connectivity index (χ1n) is 17.3. The second-order valence-corrected chi connectivity index (χ2v) is 14.9. The lowest BCUT2D eigenvalue weighted by atomic mass is 9.86. The number of hydrogen-bond donors (Lipinski definition) is 0. The van der Waals surface area contributed by atoms with Gasteiger partial charge in [0, 0.05) is 40.9 Å². The topological polar surface area (TPSA) is 44.9 Å². The molecule has 7 rings (SSSR count). The van der Waals surface area contributed by atoms with Gasteiger partial charge in [-0.25, -0.2) is 9.67 Å². The van der Waals surface area contributed by atoms with E-state index in [1.807, 2.05) is 17.1 Å². The fraction of sp³-hybridized carbons (Fsp3) is 0.273. The van der Waals surface area contributed by atoms with E-state index in [1.165, 1.54) is 55.3 Å². The number of fused-ring (bicyclic) bond motifs is 3. The molecule has 0 saturated heterocycles. The van der Waals surface area contributed by atoms with E-state index in [2.05, 4.69) is 153 Å². The van der Waals surface area contributed by atoms with Crippen LogP contribution < -0.4 is 4.74 Å². The van der Waals surface area contributed by atoms with Crippen LogP contribution in [0.2, 0.25) is 0 Å². The molecule has 0 bridgehead atoms. The highest BCUT2D eigenvalue weighted by Crippen LogP contribution is 2.38. The summed E-state index contributed by atoms with van der Waals surface area (Å²) in [5.74, 6) is 2.86. The molecular formula is C44H46N4O. The Morgan fingerprint density at radius 1 is 0.694 bits per heavy atom. The first kappa shape index (κ1) is 32.4. The van der Waals surface area contributed by atoms with Gasteiger partial charge < -0.3 is 4.74 Å². The lowest BCUT2D eigenvalue weighted by Gasteiger charge is -2.21. The summed E-state index contributed by atoms with van der Waals surface area (Å²) < 4.78 is 11.0. The fourth-order valence-corrected chi connectivity index (χ4v) is 7.05. The molecule has 0 atom stereocenters. The van der Waals surface area contributed by atoms with Crippen LogP contribution in [0.1, 0.15) is 79.5 Å². The zero-order chi connectivity index (χ0) is 34.8. The molecule has 5 heteroatoms. The van der Waals surface area contributed by atoms with Crippen molar-refractivity contribution in [2.75, 3.05) is 0 Å². The first-order chi connectivity index (χ1) is 23.3. The monoisotopic (exact) mass is 646 g/mol. The summed E-state index contributed by atoms with van der Waals surface area (Å²) in [7, 11) is 0. The Balaban J connectivity index is 1.32. The van der Waals surface area contributed by atoms with Gasteiger partial charge in [-0.2, -0.15) is 5.10 Å². The largest absolute Gasteiger partial charge is 0.457 e.